The molecule has 21 heavy (non-hydrogen) atoms. The third kappa shape index (κ3) is 4.77. The highest BCUT2D eigenvalue weighted by molar-refractivity contribution is 6.11. The zero-order chi connectivity index (χ0) is 14.5. The van der Waals surface area contributed by atoms with Crippen LogP contribution in [0.2, 0.25) is 5.82 Å². The van der Waals surface area contributed by atoms with Crippen LogP contribution in [-0.2, 0) is 0 Å². The predicted octanol–water partition coefficient (Wildman–Crippen LogP) is 5.77. The summed E-state index contributed by atoms with van der Waals surface area (Å²) in [6.07, 6.45) is 23.3. The highest BCUT2D eigenvalue weighted by atomic mass is 14.3. The second kappa shape index (κ2) is 8.07. The lowest BCUT2D eigenvalue weighted by Gasteiger charge is -2.36. The molecule has 0 radical (unpaired) electrons. The van der Waals surface area contributed by atoms with Crippen LogP contribution in [0.5, 0.6) is 0 Å². The number of hydrogen-bond donors (Lipinski definition) is 0. The topological polar surface area (TPSA) is 0 Å². The van der Waals surface area contributed by atoms with Gasteiger partial charge in [-0.15, -0.1) is 0 Å². The largest absolute Gasteiger partial charge is 0.105 e. The molecule has 3 rings (SSSR count). The van der Waals surface area contributed by atoms with Crippen LogP contribution in [0.4, 0.5) is 0 Å². The molecule has 0 atom stereocenters. The van der Waals surface area contributed by atoms with Crippen LogP contribution >= 0.6 is 0 Å². The van der Waals surface area contributed by atoms with Crippen molar-refractivity contribution in [1.82, 2.24) is 0 Å². The summed E-state index contributed by atoms with van der Waals surface area (Å²) in [5, 5.41) is 0. The van der Waals surface area contributed by atoms with E-state index in [4.69, 9.17) is 0 Å². The van der Waals surface area contributed by atoms with Gasteiger partial charge in [0.25, 0.3) is 0 Å². The van der Waals surface area contributed by atoms with Gasteiger partial charge in [-0.1, -0.05) is 89.3 Å². The fourth-order valence-electron chi connectivity index (χ4n) is 5.64. The van der Waals surface area contributed by atoms with Gasteiger partial charge in [-0.05, 0) is 36.5 Å². The molecule has 1 heteroatoms. The summed E-state index contributed by atoms with van der Waals surface area (Å²) in [7, 11) is 2.45. The number of hydrogen-bond acceptors (Lipinski definition) is 0. The Morgan fingerprint density at radius 2 is 1.00 bits per heavy atom. The molecule has 0 N–H and O–H groups in total. The van der Waals surface area contributed by atoms with Crippen LogP contribution in [0.3, 0.4) is 0 Å². The summed E-state index contributed by atoms with van der Waals surface area (Å²) in [4.78, 5) is 0. The van der Waals surface area contributed by atoms with Gasteiger partial charge < -0.3 is 0 Å². The Kier molecular flexibility index (Phi) is 6.12. The Balaban J connectivity index is 1.32. The molecular weight excluding hydrogens is 251 g/mol. The molecule has 120 valence electrons. The first-order valence-electron chi connectivity index (χ1n) is 10.3. The second-order valence-electron chi connectivity index (χ2n) is 8.88. The van der Waals surface area contributed by atoms with Crippen molar-refractivity contribution in [3.63, 3.8) is 0 Å². The van der Waals surface area contributed by atoms with Crippen molar-refractivity contribution in [1.29, 1.82) is 0 Å². The fraction of sp³-hybridized carbons (Fsp3) is 1.00. The minimum atomic E-state index is 1.02. The zero-order valence-corrected chi connectivity index (χ0v) is 14.5. The molecule has 0 aromatic heterocycles. The maximum Gasteiger partial charge on any atom is 0.105 e. The molecule has 0 unspecified atom stereocenters. The highest BCUT2D eigenvalue weighted by Gasteiger charge is 2.29. The summed E-state index contributed by atoms with van der Waals surface area (Å²) in [5.74, 6) is 5.46. The minimum Gasteiger partial charge on any atom is -0.0697 e. The lowest BCUT2D eigenvalue weighted by atomic mass is 9.68. The van der Waals surface area contributed by atoms with Crippen molar-refractivity contribution in [2.75, 3.05) is 0 Å². The molecule has 3 aliphatic rings. The van der Waals surface area contributed by atoms with E-state index in [0.717, 1.165) is 29.5 Å². The van der Waals surface area contributed by atoms with Gasteiger partial charge in [0, 0.05) is 0 Å². The van der Waals surface area contributed by atoms with E-state index >= 15 is 0 Å². The summed E-state index contributed by atoms with van der Waals surface area (Å²) >= 11 is 0. The van der Waals surface area contributed by atoms with E-state index in [1.54, 1.807) is 64.2 Å². The van der Waals surface area contributed by atoms with Gasteiger partial charge in [0.05, 0.1) is 0 Å². The summed E-state index contributed by atoms with van der Waals surface area (Å²) in [5.41, 5.74) is 0. The standard InChI is InChI=1S/C20H37B/c21-20-14-10-17(11-15-20)7-6-16-8-12-19(13-9-16)18-4-2-1-3-5-18/h16-20H,1-15,21H2. The van der Waals surface area contributed by atoms with Gasteiger partial charge in [0.2, 0.25) is 0 Å². The second-order valence-corrected chi connectivity index (χ2v) is 8.88. The molecule has 3 saturated carbocycles. The van der Waals surface area contributed by atoms with Gasteiger partial charge in [-0.25, -0.2) is 0 Å². The lowest BCUT2D eigenvalue weighted by molar-refractivity contribution is 0.158. The summed E-state index contributed by atoms with van der Waals surface area (Å²) < 4.78 is 0. The van der Waals surface area contributed by atoms with Crippen LogP contribution in [0, 0.1) is 23.7 Å². The fourth-order valence-corrected chi connectivity index (χ4v) is 5.64. The molecule has 3 aliphatic carbocycles. The van der Waals surface area contributed by atoms with E-state index in [2.05, 4.69) is 7.85 Å². The van der Waals surface area contributed by atoms with E-state index in [9.17, 15) is 0 Å². The molecule has 0 heterocycles. The molecule has 0 saturated heterocycles. The van der Waals surface area contributed by atoms with E-state index < -0.39 is 0 Å². The maximum absolute atomic E-state index is 2.45. The van der Waals surface area contributed by atoms with Crippen molar-refractivity contribution in [2.24, 2.45) is 23.7 Å². The number of rotatable bonds is 4. The molecular formula is C20H37B. The van der Waals surface area contributed by atoms with E-state index in [1.165, 1.54) is 32.1 Å². The first kappa shape index (κ1) is 15.9. The van der Waals surface area contributed by atoms with Gasteiger partial charge in [-0.3, -0.25) is 0 Å². The van der Waals surface area contributed by atoms with Crippen molar-refractivity contribution >= 4 is 7.85 Å². The third-order valence-electron chi connectivity index (χ3n) is 7.33. The summed E-state index contributed by atoms with van der Waals surface area (Å²) in [6, 6.07) is 0. The zero-order valence-electron chi connectivity index (χ0n) is 14.5. The van der Waals surface area contributed by atoms with E-state index in [-0.39, 0.29) is 0 Å². The Bertz CT molecular complexity index is 278. The van der Waals surface area contributed by atoms with Crippen molar-refractivity contribution < 1.29 is 0 Å². The van der Waals surface area contributed by atoms with Gasteiger partial charge in [0.15, 0.2) is 0 Å². The molecule has 0 nitrogen and oxygen atoms in total. The van der Waals surface area contributed by atoms with Crippen LogP contribution in [0.15, 0.2) is 0 Å². The first-order valence-corrected chi connectivity index (χ1v) is 10.3. The Hall–Kier alpha value is 0.0649. The third-order valence-corrected chi connectivity index (χ3v) is 7.33. The van der Waals surface area contributed by atoms with Gasteiger partial charge in [-0.2, -0.15) is 0 Å². The normalized spacial score (nSPS) is 39.2. The van der Waals surface area contributed by atoms with Crippen molar-refractivity contribution in [3.8, 4) is 0 Å². The monoisotopic (exact) mass is 288 g/mol. The Morgan fingerprint density at radius 3 is 1.57 bits per heavy atom. The summed E-state index contributed by atoms with van der Waals surface area (Å²) in [6.45, 7) is 0. The Labute approximate surface area is 134 Å². The molecule has 0 bridgehead atoms. The van der Waals surface area contributed by atoms with Crippen molar-refractivity contribution in [2.45, 2.75) is 102 Å². The van der Waals surface area contributed by atoms with Gasteiger partial charge in [0.1, 0.15) is 7.85 Å². The molecule has 0 spiro atoms. The van der Waals surface area contributed by atoms with Crippen LogP contribution in [0.1, 0.15) is 96.3 Å². The highest BCUT2D eigenvalue weighted by Crippen LogP contribution is 2.42. The lowest BCUT2D eigenvalue weighted by Crippen LogP contribution is -2.24. The predicted molar refractivity (Wildman–Crippen MR) is 95.5 cm³/mol. The maximum atomic E-state index is 2.45. The molecule has 0 amide bonds. The van der Waals surface area contributed by atoms with Gasteiger partial charge >= 0.3 is 0 Å². The van der Waals surface area contributed by atoms with Crippen LogP contribution in [0.25, 0.3) is 0 Å². The molecule has 0 aliphatic heterocycles. The smallest absolute Gasteiger partial charge is 0.0697 e. The molecule has 0 aromatic carbocycles. The van der Waals surface area contributed by atoms with Crippen molar-refractivity contribution in [3.05, 3.63) is 0 Å². The average Bonchev–Trinajstić information content (AvgIpc) is 2.56. The minimum absolute atomic E-state index is 1.02. The van der Waals surface area contributed by atoms with Crippen LogP contribution in [-0.4, -0.2) is 7.85 Å². The Morgan fingerprint density at radius 1 is 0.524 bits per heavy atom. The van der Waals surface area contributed by atoms with E-state index in [0.29, 0.717) is 0 Å². The molecule has 3 fully saturated rings. The van der Waals surface area contributed by atoms with Crippen LogP contribution < -0.4 is 0 Å². The first-order chi connectivity index (χ1) is 10.3. The average molecular weight is 288 g/mol. The quantitative estimate of drug-likeness (QED) is 0.576. The van der Waals surface area contributed by atoms with E-state index in [1.807, 2.05) is 0 Å². The molecule has 0 aromatic rings. The SMILES string of the molecule is BC1CCC(CCC2CCC(C3CCCCC3)CC2)CC1.